The summed E-state index contributed by atoms with van der Waals surface area (Å²) in [6, 6.07) is 7.20. The number of likely N-dealkylation sites (N-methyl/N-ethyl adjacent to an activating group) is 1. The molecular weight excluding hydrogens is 354 g/mol. The fraction of sp³-hybridized carbons (Fsp3) is 0.286. The van der Waals surface area contributed by atoms with Crippen LogP contribution in [0.4, 0.5) is 20.2 Å². The van der Waals surface area contributed by atoms with E-state index in [-0.39, 0.29) is 11.2 Å². The van der Waals surface area contributed by atoms with Gasteiger partial charge in [0.2, 0.25) is 0 Å². The molecule has 0 spiro atoms. The monoisotopic (exact) mass is 374 g/mol. The fourth-order valence-corrected chi connectivity index (χ4v) is 3.72. The number of anilines is 1. The lowest BCUT2D eigenvalue weighted by Crippen LogP contribution is -2.44. The second-order valence-corrected chi connectivity index (χ2v) is 7.38. The summed E-state index contributed by atoms with van der Waals surface area (Å²) in [5.41, 5.74) is 3.99. The Kier molecular flexibility index (Phi) is 4.89. The van der Waals surface area contributed by atoms with Gasteiger partial charge in [0.05, 0.1) is 16.2 Å². The second kappa shape index (κ2) is 6.84. The molecule has 2 nitrogen and oxygen atoms in total. The number of halogens is 3. The third-order valence-electron chi connectivity index (χ3n) is 4.66. The van der Waals surface area contributed by atoms with Crippen LogP contribution < -0.4 is 4.90 Å². The molecular formula is C21H21ClF2N2. The van der Waals surface area contributed by atoms with E-state index in [2.05, 4.69) is 43.7 Å². The lowest BCUT2D eigenvalue weighted by Gasteiger charge is -2.43. The normalized spacial score (nSPS) is 16.0. The molecule has 1 aliphatic rings. The van der Waals surface area contributed by atoms with Crippen LogP contribution >= 0.6 is 11.6 Å². The Bertz CT molecular complexity index is 916. The Labute approximate surface area is 157 Å². The van der Waals surface area contributed by atoms with Crippen molar-refractivity contribution in [2.24, 2.45) is 4.99 Å². The molecule has 136 valence electrons. The van der Waals surface area contributed by atoms with Crippen molar-refractivity contribution in [2.75, 3.05) is 11.4 Å². The highest BCUT2D eigenvalue weighted by Gasteiger charge is 2.30. The van der Waals surface area contributed by atoms with E-state index in [0.717, 1.165) is 29.4 Å². The van der Waals surface area contributed by atoms with Crippen molar-refractivity contribution in [3.8, 4) is 0 Å². The van der Waals surface area contributed by atoms with E-state index in [9.17, 15) is 8.78 Å². The summed E-state index contributed by atoms with van der Waals surface area (Å²) < 4.78 is 26.8. The average Bonchev–Trinajstić information content (AvgIpc) is 2.54. The Morgan fingerprint density at radius 1 is 1.19 bits per heavy atom. The zero-order valence-corrected chi connectivity index (χ0v) is 16.0. The first-order valence-corrected chi connectivity index (χ1v) is 8.91. The van der Waals surface area contributed by atoms with Crippen molar-refractivity contribution in [2.45, 2.75) is 33.2 Å². The van der Waals surface area contributed by atoms with Crippen LogP contribution in [0.5, 0.6) is 0 Å². The summed E-state index contributed by atoms with van der Waals surface area (Å²) in [7, 11) is 0. The minimum Gasteiger partial charge on any atom is -0.363 e. The maximum atomic E-state index is 13.8. The van der Waals surface area contributed by atoms with Crippen molar-refractivity contribution in [3.63, 3.8) is 0 Å². The van der Waals surface area contributed by atoms with Gasteiger partial charge in [0.25, 0.3) is 0 Å². The molecule has 0 N–H and O–H groups in total. The predicted octanol–water partition coefficient (Wildman–Crippen LogP) is 6.39. The summed E-state index contributed by atoms with van der Waals surface area (Å²) >= 11 is 6.46. The van der Waals surface area contributed by atoms with Gasteiger partial charge in [-0.2, -0.15) is 0 Å². The van der Waals surface area contributed by atoms with Crippen LogP contribution in [0.3, 0.4) is 0 Å². The van der Waals surface area contributed by atoms with Gasteiger partial charge in [-0.15, -0.1) is 0 Å². The number of allylic oxidation sites excluding steroid dienone is 1. The quantitative estimate of drug-likeness (QED) is 0.568. The Hall–Kier alpha value is -2.20. The summed E-state index contributed by atoms with van der Waals surface area (Å²) in [5.74, 6) is -1.33. The number of aliphatic imine (C=N–C) groups is 1. The molecule has 0 fully saturated rings. The largest absolute Gasteiger partial charge is 0.363 e. The minimum absolute atomic E-state index is 0.0729. The molecule has 0 saturated carbocycles. The lowest BCUT2D eigenvalue weighted by molar-refractivity contribution is 0.566. The molecule has 2 aromatic carbocycles. The van der Waals surface area contributed by atoms with E-state index in [1.54, 1.807) is 0 Å². The van der Waals surface area contributed by atoms with Crippen molar-refractivity contribution in [1.82, 2.24) is 0 Å². The van der Waals surface area contributed by atoms with Gasteiger partial charge >= 0.3 is 0 Å². The lowest BCUT2D eigenvalue weighted by atomic mass is 9.88. The average molecular weight is 375 g/mol. The first-order valence-electron chi connectivity index (χ1n) is 8.53. The SMILES string of the molecule is CCN1c2cc(Cl)c(C=Nc3ccc(F)cc3F)cc2C(C)=CC1(C)C. The molecule has 3 rings (SSSR count). The molecule has 0 aromatic heterocycles. The van der Waals surface area contributed by atoms with E-state index in [0.29, 0.717) is 10.6 Å². The highest BCUT2D eigenvalue weighted by Crippen LogP contribution is 2.41. The fourth-order valence-electron chi connectivity index (χ4n) is 3.52. The van der Waals surface area contributed by atoms with Crippen LogP contribution in [0, 0.1) is 11.6 Å². The summed E-state index contributed by atoms with van der Waals surface area (Å²) in [4.78, 5) is 6.43. The molecule has 1 aliphatic heterocycles. The molecule has 0 aliphatic carbocycles. The Morgan fingerprint density at radius 2 is 1.92 bits per heavy atom. The number of benzene rings is 2. The molecule has 0 unspecified atom stereocenters. The molecule has 0 radical (unpaired) electrons. The number of fused-ring (bicyclic) bond motifs is 1. The predicted molar refractivity (Wildman–Crippen MR) is 106 cm³/mol. The Morgan fingerprint density at radius 3 is 2.58 bits per heavy atom. The van der Waals surface area contributed by atoms with E-state index in [1.807, 2.05) is 12.1 Å². The van der Waals surface area contributed by atoms with Crippen molar-refractivity contribution in [1.29, 1.82) is 0 Å². The van der Waals surface area contributed by atoms with Gasteiger partial charge in [-0.1, -0.05) is 17.7 Å². The van der Waals surface area contributed by atoms with Gasteiger partial charge < -0.3 is 4.90 Å². The van der Waals surface area contributed by atoms with Gasteiger partial charge in [0.15, 0.2) is 5.82 Å². The van der Waals surface area contributed by atoms with Crippen LogP contribution in [0.2, 0.25) is 5.02 Å². The molecule has 0 atom stereocenters. The summed E-state index contributed by atoms with van der Waals surface area (Å²) in [5, 5.41) is 0.541. The second-order valence-electron chi connectivity index (χ2n) is 6.97. The third kappa shape index (κ3) is 3.38. The minimum atomic E-state index is -0.703. The van der Waals surface area contributed by atoms with Gasteiger partial charge in [-0.3, -0.25) is 4.99 Å². The number of nitrogens with zero attached hydrogens (tertiary/aromatic N) is 2. The summed E-state index contributed by atoms with van der Waals surface area (Å²) in [6.07, 6.45) is 3.75. The molecule has 0 bridgehead atoms. The molecule has 0 saturated heterocycles. The van der Waals surface area contributed by atoms with Crippen molar-refractivity contribution < 1.29 is 8.78 Å². The molecule has 5 heteroatoms. The number of rotatable bonds is 3. The number of hydrogen-bond acceptors (Lipinski definition) is 2. The van der Waals surface area contributed by atoms with Crippen LogP contribution in [0.25, 0.3) is 5.57 Å². The first kappa shape index (κ1) is 18.6. The standard InChI is InChI=1S/C21H21ClF2N2/c1-5-26-20-10-17(22)14(8-16(20)13(2)11-21(26,3)4)12-25-19-7-6-15(23)9-18(19)24/h6-12H,5H2,1-4H3. The molecule has 1 heterocycles. The van der Waals surface area contributed by atoms with E-state index in [1.165, 1.54) is 18.3 Å². The number of hydrogen-bond donors (Lipinski definition) is 0. The van der Waals surface area contributed by atoms with Gasteiger partial charge in [-0.25, -0.2) is 8.78 Å². The maximum Gasteiger partial charge on any atom is 0.151 e. The maximum absolute atomic E-state index is 13.8. The van der Waals surface area contributed by atoms with Crippen LogP contribution in [0.15, 0.2) is 41.4 Å². The van der Waals surface area contributed by atoms with Gasteiger partial charge in [0, 0.05) is 35.6 Å². The zero-order valence-electron chi connectivity index (χ0n) is 15.3. The summed E-state index contributed by atoms with van der Waals surface area (Å²) in [6.45, 7) is 9.38. The molecule has 2 aromatic rings. The third-order valence-corrected chi connectivity index (χ3v) is 4.99. The highest BCUT2D eigenvalue weighted by atomic mass is 35.5. The smallest absolute Gasteiger partial charge is 0.151 e. The molecule has 26 heavy (non-hydrogen) atoms. The van der Waals surface area contributed by atoms with E-state index >= 15 is 0 Å². The Balaban J connectivity index is 2.04. The van der Waals surface area contributed by atoms with Crippen LogP contribution in [-0.2, 0) is 0 Å². The van der Waals surface area contributed by atoms with Crippen molar-refractivity contribution >= 4 is 34.8 Å². The topological polar surface area (TPSA) is 15.6 Å². The zero-order chi connectivity index (χ0) is 19.1. The molecule has 0 amide bonds. The van der Waals surface area contributed by atoms with Gasteiger partial charge in [-0.05, 0) is 57.5 Å². The van der Waals surface area contributed by atoms with Crippen LogP contribution in [-0.4, -0.2) is 18.3 Å². The first-order chi connectivity index (χ1) is 12.2. The highest BCUT2D eigenvalue weighted by molar-refractivity contribution is 6.33. The van der Waals surface area contributed by atoms with Crippen LogP contribution in [0.1, 0.15) is 38.8 Å². The van der Waals surface area contributed by atoms with E-state index in [4.69, 9.17) is 11.6 Å². The van der Waals surface area contributed by atoms with E-state index < -0.39 is 11.6 Å². The van der Waals surface area contributed by atoms with Crippen molar-refractivity contribution in [3.05, 3.63) is 64.2 Å². The van der Waals surface area contributed by atoms with Gasteiger partial charge in [0.1, 0.15) is 5.82 Å².